The number of ether oxygens (including phenoxy) is 1. The molecular formula is C11H18N2O. The van der Waals surface area contributed by atoms with E-state index in [1.807, 2.05) is 26.0 Å². The van der Waals surface area contributed by atoms with Gasteiger partial charge in [-0.05, 0) is 39.8 Å². The fourth-order valence-corrected chi connectivity index (χ4v) is 1.13. The number of aromatic nitrogens is 1. The van der Waals surface area contributed by atoms with Crippen molar-refractivity contribution in [3.05, 3.63) is 18.3 Å². The first-order valence-electron chi connectivity index (χ1n) is 4.98. The van der Waals surface area contributed by atoms with Crippen LogP contribution in [-0.4, -0.2) is 17.1 Å². The molecule has 0 fully saturated rings. The summed E-state index contributed by atoms with van der Waals surface area (Å²) in [5.41, 5.74) is 0.955. The predicted molar refractivity (Wildman–Crippen MR) is 58.8 cm³/mol. The van der Waals surface area contributed by atoms with Crippen LogP contribution in [0.25, 0.3) is 0 Å². The van der Waals surface area contributed by atoms with Crippen LogP contribution in [0.2, 0.25) is 0 Å². The number of nitrogens with zero attached hydrogens (tertiary/aromatic N) is 1. The highest BCUT2D eigenvalue weighted by molar-refractivity contribution is 5.52. The summed E-state index contributed by atoms with van der Waals surface area (Å²) in [6.07, 6.45) is 1.89. The molecule has 0 saturated carbocycles. The van der Waals surface area contributed by atoms with Gasteiger partial charge in [-0.1, -0.05) is 0 Å². The quantitative estimate of drug-likeness (QED) is 0.800. The Balaban J connectivity index is 2.80. The largest absolute Gasteiger partial charge is 0.473 e. The van der Waals surface area contributed by atoms with E-state index in [4.69, 9.17) is 4.74 Å². The van der Waals surface area contributed by atoms with E-state index in [1.54, 1.807) is 6.20 Å². The molecule has 1 rings (SSSR count). The van der Waals surface area contributed by atoms with E-state index in [0.29, 0.717) is 11.9 Å². The highest BCUT2D eigenvalue weighted by Crippen LogP contribution is 2.22. The maximum Gasteiger partial charge on any atom is 0.237 e. The van der Waals surface area contributed by atoms with E-state index < -0.39 is 0 Å². The van der Waals surface area contributed by atoms with Gasteiger partial charge in [-0.25, -0.2) is 4.98 Å². The van der Waals surface area contributed by atoms with Crippen molar-refractivity contribution in [2.45, 2.75) is 39.8 Å². The molecule has 1 aromatic heterocycles. The van der Waals surface area contributed by atoms with Gasteiger partial charge < -0.3 is 10.1 Å². The number of nitrogens with one attached hydrogen (secondary N) is 1. The molecular weight excluding hydrogens is 176 g/mol. The molecule has 3 heteroatoms. The Kier molecular flexibility index (Phi) is 3.74. The SMILES string of the molecule is CC(C)Nc1cccnc1OC(C)C. The number of pyridine rings is 1. The van der Waals surface area contributed by atoms with Crippen LogP contribution in [-0.2, 0) is 0 Å². The highest BCUT2D eigenvalue weighted by atomic mass is 16.5. The van der Waals surface area contributed by atoms with Gasteiger partial charge in [0.15, 0.2) is 0 Å². The van der Waals surface area contributed by atoms with Crippen LogP contribution in [0.15, 0.2) is 18.3 Å². The molecule has 14 heavy (non-hydrogen) atoms. The Morgan fingerprint density at radius 2 is 2.00 bits per heavy atom. The third-order valence-corrected chi connectivity index (χ3v) is 1.56. The lowest BCUT2D eigenvalue weighted by atomic mass is 10.3. The third kappa shape index (κ3) is 3.24. The van der Waals surface area contributed by atoms with E-state index >= 15 is 0 Å². The molecule has 0 amide bonds. The van der Waals surface area contributed by atoms with Gasteiger partial charge in [-0.15, -0.1) is 0 Å². The number of hydrogen-bond donors (Lipinski definition) is 1. The second-order valence-electron chi connectivity index (χ2n) is 3.82. The molecule has 0 aliphatic rings. The Morgan fingerprint density at radius 1 is 1.29 bits per heavy atom. The first-order chi connectivity index (χ1) is 6.59. The molecule has 1 heterocycles. The lowest BCUT2D eigenvalue weighted by Crippen LogP contribution is -2.14. The Morgan fingerprint density at radius 3 is 2.57 bits per heavy atom. The molecule has 0 atom stereocenters. The van der Waals surface area contributed by atoms with E-state index in [2.05, 4.69) is 24.1 Å². The summed E-state index contributed by atoms with van der Waals surface area (Å²) in [5, 5.41) is 3.29. The monoisotopic (exact) mass is 194 g/mol. The van der Waals surface area contributed by atoms with Crippen molar-refractivity contribution >= 4 is 5.69 Å². The molecule has 0 unspecified atom stereocenters. The molecule has 0 radical (unpaired) electrons. The first kappa shape index (κ1) is 10.8. The third-order valence-electron chi connectivity index (χ3n) is 1.56. The molecule has 0 saturated heterocycles. The van der Waals surface area contributed by atoms with Crippen molar-refractivity contribution in [1.29, 1.82) is 0 Å². The van der Waals surface area contributed by atoms with Gasteiger partial charge in [-0.2, -0.15) is 0 Å². The van der Waals surface area contributed by atoms with Crippen LogP contribution in [0, 0.1) is 0 Å². The zero-order valence-corrected chi connectivity index (χ0v) is 9.24. The molecule has 1 aromatic rings. The highest BCUT2D eigenvalue weighted by Gasteiger charge is 2.06. The van der Waals surface area contributed by atoms with Crippen LogP contribution in [0.4, 0.5) is 5.69 Å². The molecule has 0 spiro atoms. The van der Waals surface area contributed by atoms with Gasteiger partial charge in [0, 0.05) is 12.2 Å². The Bertz CT molecular complexity index is 255. The van der Waals surface area contributed by atoms with Gasteiger partial charge in [-0.3, -0.25) is 0 Å². The Hall–Kier alpha value is -1.25. The van der Waals surface area contributed by atoms with E-state index in [9.17, 15) is 0 Å². The summed E-state index contributed by atoms with van der Waals surface area (Å²) in [6, 6.07) is 4.26. The predicted octanol–water partition coefficient (Wildman–Crippen LogP) is 2.69. The maximum absolute atomic E-state index is 5.57. The van der Waals surface area contributed by atoms with Crippen molar-refractivity contribution in [3.8, 4) is 5.88 Å². The van der Waals surface area contributed by atoms with Gasteiger partial charge in [0.1, 0.15) is 0 Å². The van der Waals surface area contributed by atoms with Gasteiger partial charge >= 0.3 is 0 Å². The van der Waals surface area contributed by atoms with Crippen molar-refractivity contribution in [2.24, 2.45) is 0 Å². The first-order valence-corrected chi connectivity index (χ1v) is 4.98. The lowest BCUT2D eigenvalue weighted by Gasteiger charge is -2.15. The molecule has 0 aliphatic carbocycles. The Labute approximate surface area is 85.5 Å². The lowest BCUT2D eigenvalue weighted by molar-refractivity contribution is 0.234. The van der Waals surface area contributed by atoms with E-state index in [0.717, 1.165) is 5.69 Å². The summed E-state index contributed by atoms with van der Waals surface area (Å²) in [7, 11) is 0. The summed E-state index contributed by atoms with van der Waals surface area (Å²) < 4.78 is 5.57. The summed E-state index contributed by atoms with van der Waals surface area (Å²) in [4.78, 5) is 4.19. The number of hydrogen-bond acceptors (Lipinski definition) is 3. The number of rotatable bonds is 4. The van der Waals surface area contributed by atoms with Crippen LogP contribution in [0.5, 0.6) is 5.88 Å². The van der Waals surface area contributed by atoms with Crippen LogP contribution >= 0.6 is 0 Å². The topological polar surface area (TPSA) is 34.2 Å². The van der Waals surface area contributed by atoms with Gasteiger partial charge in [0.2, 0.25) is 5.88 Å². The standard InChI is InChI=1S/C11H18N2O/c1-8(2)13-10-6-5-7-12-11(10)14-9(3)4/h5-9,13H,1-4H3. The average Bonchev–Trinajstić information content (AvgIpc) is 2.06. The van der Waals surface area contributed by atoms with Gasteiger partial charge in [0.25, 0.3) is 0 Å². The number of anilines is 1. The van der Waals surface area contributed by atoms with Crippen molar-refractivity contribution < 1.29 is 4.74 Å². The van der Waals surface area contributed by atoms with Crippen LogP contribution in [0.3, 0.4) is 0 Å². The molecule has 3 nitrogen and oxygen atoms in total. The second kappa shape index (κ2) is 4.84. The van der Waals surface area contributed by atoms with Gasteiger partial charge in [0.05, 0.1) is 11.8 Å². The van der Waals surface area contributed by atoms with Crippen molar-refractivity contribution in [2.75, 3.05) is 5.32 Å². The van der Waals surface area contributed by atoms with E-state index in [-0.39, 0.29) is 6.10 Å². The fourth-order valence-electron chi connectivity index (χ4n) is 1.13. The second-order valence-corrected chi connectivity index (χ2v) is 3.82. The summed E-state index contributed by atoms with van der Waals surface area (Å²) >= 11 is 0. The molecule has 1 N–H and O–H groups in total. The molecule has 0 aliphatic heterocycles. The van der Waals surface area contributed by atoms with Crippen LogP contribution in [0.1, 0.15) is 27.7 Å². The zero-order valence-electron chi connectivity index (χ0n) is 9.24. The molecule has 0 aromatic carbocycles. The van der Waals surface area contributed by atoms with E-state index in [1.165, 1.54) is 0 Å². The fraction of sp³-hybridized carbons (Fsp3) is 0.545. The van der Waals surface area contributed by atoms with Crippen LogP contribution < -0.4 is 10.1 Å². The normalized spacial score (nSPS) is 10.7. The summed E-state index contributed by atoms with van der Waals surface area (Å²) in [6.45, 7) is 8.17. The molecule has 0 bridgehead atoms. The smallest absolute Gasteiger partial charge is 0.237 e. The minimum Gasteiger partial charge on any atom is -0.473 e. The average molecular weight is 194 g/mol. The molecule has 78 valence electrons. The minimum atomic E-state index is 0.151. The maximum atomic E-state index is 5.57. The van der Waals surface area contributed by atoms with Crippen molar-refractivity contribution in [3.63, 3.8) is 0 Å². The van der Waals surface area contributed by atoms with Crippen molar-refractivity contribution in [1.82, 2.24) is 4.98 Å². The summed E-state index contributed by atoms with van der Waals surface area (Å²) in [5.74, 6) is 0.677. The zero-order chi connectivity index (χ0) is 10.6. The minimum absolute atomic E-state index is 0.151.